The Morgan fingerprint density at radius 2 is 1.17 bits per heavy atom. The van der Waals surface area contributed by atoms with Crippen LogP contribution in [-0.4, -0.2) is 210 Å². The van der Waals surface area contributed by atoms with Gasteiger partial charge in [-0.05, 0) is 91.3 Å². The molecular formula is C45H74O20. The minimum atomic E-state index is -1.99. The third-order valence-corrected chi connectivity index (χ3v) is 18.3. The monoisotopic (exact) mass is 934 g/mol. The maximum Gasteiger partial charge on any atom is 0.187 e. The van der Waals surface area contributed by atoms with Gasteiger partial charge in [-0.15, -0.1) is 0 Å². The molecular weight excluding hydrogens is 860 g/mol. The Kier molecular flexibility index (Phi) is 13.9. The molecule has 0 aromatic carbocycles. The molecule has 12 N–H and O–H groups in total. The highest BCUT2D eigenvalue weighted by atomic mass is 16.8. The van der Waals surface area contributed by atoms with E-state index in [9.17, 15) is 61.3 Å². The number of ether oxygens (including phenoxy) is 8. The molecule has 0 amide bonds. The number of fused-ring (bicyclic) bond motifs is 7. The fourth-order valence-corrected chi connectivity index (χ4v) is 14.8. The second-order valence-corrected chi connectivity index (χ2v) is 21.8. The summed E-state index contributed by atoms with van der Waals surface area (Å²) in [6.07, 6.45) is -22.1. The number of aliphatic hydroxyl groups is 12. The summed E-state index contributed by atoms with van der Waals surface area (Å²) < 4.78 is 48.2. The van der Waals surface area contributed by atoms with Crippen molar-refractivity contribution in [3.8, 4) is 0 Å². The van der Waals surface area contributed by atoms with E-state index < -0.39 is 141 Å². The lowest BCUT2D eigenvalue weighted by atomic mass is 9.43. The van der Waals surface area contributed by atoms with Gasteiger partial charge in [0.2, 0.25) is 0 Å². The molecule has 0 radical (unpaired) electrons. The normalized spacial score (nSPS) is 59.1. The lowest BCUT2D eigenvalue weighted by Gasteiger charge is -2.63. The van der Waals surface area contributed by atoms with Crippen molar-refractivity contribution in [2.75, 3.05) is 26.4 Å². The number of aliphatic hydroxyl groups excluding tert-OH is 12. The van der Waals surface area contributed by atoms with Crippen molar-refractivity contribution in [3.63, 3.8) is 0 Å². The lowest BCUT2D eigenvalue weighted by Crippen LogP contribution is -2.67. The highest BCUT2D eigenvalue weighted by Gasteiger charge is 2.70. The van der Waals surface area contributed by atoms with Crippen molar-refractivity contribution >= 4 is 0 Å². The predicted molar refractivity (Wildman–Crippen MR) is 218 cm³/mol. The Morgan fingerprint density at radius 3 is 1.82 bits per heavy atom. The van der Waals surface area contributed by atoms with Crippen LogP contribution in [0.5, 0.6) is 0 Å². The van der Waals surface area contributed by atoms with Crippen LogP contribution in [0.25, 0.3) is 0 Å². The number of rotatable bonds is 9. The Labute approximate surface area is 378 Å². The van der Waals surface area contributed by atoms with Gasteiger partial charge in [0, 0.05) is 12.3 Å². The molecule has 1 spiro atoms. The molecule has 4 saturated carbocycles. The van der Waals surface area contributed by atoms with E-state index in [2.05, 4.69) is 27.7 Å². The Bertz CT molecular complexity index is 1630. The molecule has 5 saturated heterocycles. The van der Waals surface area contributed by atoms with E-state index in [1.54, 1.807) is 0 Å². The summed E-state index contributed by atoms with van der Waals surface area (Å²) in [7, 11) is 0. The summed E-state index contributed by atoms with van der Waals surface area (Å²) >= 11 is 0. The fraction of sp³-hybridized carbons (Fsp3) is 1.00. The summed E-state index contributed by atoms with van der Waals surface area (Å²) in [6, 6.07) is 0. The summed E-state index contributed by atoms with van der Waals surface area (Å²) in [6.45, 7) is 7.48. The third-order valence-electron chi connectivity index (χ3n) is 18.3. The van der Waals surface area contributed by atoms with Crippen molar-refractivity contribution < 1.29 is 99.2 Å². The predicted octanol–water partition coefficient (Wildman–Crippen LogP) is -2.79. The highest BCUT2D eigenvalue weighted by molar-refractivity contribution is 5.17. The first-order valence-electron chi connectivity index (χ1n) is 24.0. The van der Waals surface area contributed by atoms with Gasteiger partial charge in [0.25, 0.3) is 0 Å². The van der Waals surface area contributed by atoms with E-state index in [1.165, 1.54) is 0 Å². The second-order valence-electron chi connectivity index (χ2n) is 21.8. The first-order valence-corrected chi connectivity index (χ1v) is 24.0. The molecule has 0 unspecified atom stereocenters. The largest absolute Gasteiger partial charge is 0.394 e. The second kappa shape index (κ2) is 18.4. The van der Waals surface area contributed by atoms with Gasteiger partial charge < -0.3 is 99.2 Å². The molecule has 20 nitrogen and oxygen atoms in total. The maximum atomic E-state index is 12.1. The standard InChI is InChI=1S/C45H74O20/c1-17-5-8-45(58-16-17)18(2)30-26(65-45)10-21-19-9-23(49)22-11-25(24(50)12-44(22,4)20(19)6-7-43(21,30)3)59-42-37(57)39(32(52)28(14-47)61-42)64-41-36(56)34(54)38(29(15-48)62-41)63-40-35(55)33(53)31(51)27(13-46)60-40/h17-42,46-57H,5-16H2,1-4H3/t17-,18-,19+,20+,21-,22+,23-,24-,25-,26-,27+,28+,29+,30-,31+,32+,33-,34+,35+,36+,37+,38+,39-,40-,41-,42+,43+,44-,45+/m1/s1. The van der Waals surface area contributed by atoms with Crippen LogP contribution in [0.4, 0.5) is 0 Å². The molecule has 29 atom stereocenters. The van der Waals surface area contributed by atoms with Crippen LogP contribution < -0.4 is 0 Å². The number of hydrogen-bond donors (Lipinski definition) is 12. The summed E-state index contributed by atoms with van der Waals surface area (Å²) in [5.41, 5.74) is -0.398. The van der Waals surface area contributed by atoms with E-state index >= 15 is 0 Å². The zero-order valence-electron chi connectivity index (χ0n) is 37.6. The molecule has 0 aromatic heterocycles. The summed E-state index contributed by atoms with van der Waals surface area (Å²) in [5.74, 6) is 1.19. The van der Waals surface area contributed by atoms with Crippen molar-refractivity contribution in [1.29, 1.82) is 0 Å². The Hall–Kier alpha value is -0.800. The highest BCUT2D eigenvalue weighted by Crippen LogP contribution is 2.71. The Morgan fingerprint density at radius 1 is 0.554 bits per heavy atom. The van der Waals surface area contributed by atoms with E-state index in [-0.39, 0.29) is 41.6 Å². The minimum absolute atomic E-state index is 0.0310. The average molecular weight is 935 g/mol. The quantitative estimate of drug-likeness (QED) is 0.104. The van der Waals surface area contributed by atoms with Crippen molar-refractivity contribution in [2.45, 2.75) is 201 Å². The molecule has 9 rings (SSSR count). The van der Waals surface area contributed by atoms with E-state index in [1.807, 2.05) is 0 Å². The smallest absolute Gasteiger partial charge is 0.187 e. The Balaban J connectivity index is 0.855. The summed E-state index contributed by atoms with van der Waals surface area (Å²) in [4.78, 5) is 0. The van der Waals surface area contributed by atoms with Crippen LogP contribution in [0.15, 0.2) is 0 Å². The van der Waals surface area contributed by atoms with Crippen LogP contribution in [0.1, 0.15) is 79.1 Å². The topological polar surface area (TPSA) is 317 Å². The molecule has 20 heteroatoms. The van der Waals surface area contributed by atoms with Crippen molar-refractivity contribution in [3.05, 3.63) is 0 Å². The van der Waals surface area contributed by atoms with Crippen LogP contribution in [0.3, 0.4) is 0 Å². The van der Waals surface area contributed by atoms with Gasteiger partial charge in [-0.1, -0.05) is 27.7 Å². The zero-order valence-corrected chi connectivity index (χ0v) is 37.6. The maximum absolute atomic E-state index is 12.1. The van der Waals surface area contributed by atoms with Crippen LogP contribution in [-0.2, 0) is 37.9 Å². The van der Waals surface area contributed by atoms with E-state index in [0.29, 0.717) is 37.2 Å². The van der Waals surface area contributed by atoms with Gasteiger partial charge in [-0.2, -0.15) is 0 Å². The van der Waals surface area contributed by atoms with Crippen molar-refractivity contribution in [2.24, 2.45) is 52.3 Å². The first-order chi connectivity index (χ1) is 30.8. The minimum Gasteiger partial charge on any atom is -0.394 e. The fourth-order valence-electron chi connectivity index (χ4n) is 14.8. The zero-order chi connectivity index (χ0) is 46.7. The van der Waals surface area contributed by atoms with E-state index in [4.69, 9.17) is 37.9 Å². The molecule has 0 bridgehead atoms. The average Bonchev–Trinajstić information content (AvgIpc) is 3.73. The molecule has 65 heavy (non-hydrogen) atoms. The molecule has 5 aliphatic heterocycles. The molecule has 0 aromatic rings. The lowest BCUT2D eigenvalue weighted by molar-refractivity contribution is -0.383. The SMILES string of the molecule is C[C@@H]1CC[C@]2(OC1)O[C@@H]1C[C@@H]3[C@H]4C[C@@H](O)[C@@H]5C[C@@H](O[C@H]6O[C@@H](CO)[C@H](O)[C@@H](O[C@H]7O[C@@H](CO)[C@H](O[C@H]8O[C@@H](CO)[C@H](O)[C@@H](O)[C@@H]8O)[C@@H](O)[C@@H]7O)[C@@H]6O)[C@H](O)C[C@]5(C)[C@H]4CC[C@]3(C)[C@@H]1[C@H]2C. The van der Waals surface area contributed by atoms with Gasteiger partial charge in [0.05, 0.1) is 50.8 Å². The molecule has 4 aliphatic carbocycles. The van der Waals surface area contributed by atoms with E-state index in [0.717, 1.165) is 32.1 Å². The van der Waals surface area contributed by atoms with Gasteiger partial charge in [0.15, 0.2) is 24.7 Å². The number of hydrogen-bond acceptors (Lipinski definition) is 20. The molecule has 5 heterocycles. The summed E-state index contributed by atoms with van der Waals surface area (Å²) in [5, 5.41) is 130. The van der Waals surface area contributed by atoms with Gasteiger partial charge >= 0.3 is 0 Å². The third kappa shape index (κ3) is 8.08. The molecule has 9 fully saturated rings. The first kappa shape index (κ1) is 49.2. The van der Waals surface area contributed by atoms with Crippen LogP contribution in [0.2, 0.25) is 0 Å². The van der Waals surface area contributed by atoms with Gasteiger partial charge in [-0.3, -0.25) is 0 Å². The van der Waals surface area contributed by atoms with Gasteiger partial charge in [0.1, 0.15) is 73.2 Å². The molecule has 9 aliphatic rings. The molecule has 374 valence electrons. The van der Waals surface area contributed by atoms with Crippen LogP contribution >= 0.6 is 0 Å². The van der Waals surface area contributed by atoms with Gasteiger partial charge in [-0.25, -0.2) is 0 Å². The van der Waals surface area contributed by atoms with Crippen molar-refractivity contribution in [1.82, 2.24) is 0 Å². The van der Waals surface area contributed by atoms with Crippen LogP contribution in [0, 0.1) is 52.3 Å².